The quantitative estimate of drug-likeness (QED) is 0.0912. The molecule has 738 valence electrons. The molecule has 0 amide bonds. The number of hydrogen-bond acceptors (Lipinski definition) is 0. The van der Waals surface area contributed by atoms with Gasteiger partial charge < -0.3 is 0 Å². The van der Waals surface area contributed by atoms with Crippen molar-refractivity contribution in [2.24, 2.45) is 35.2 Å². The van der Waals surface area contributed by atoms with E-state index in [1.165, 1.54) is 67.1 Å². The topological polar surface area (TPSA) is 19.4 Å². The highest BCUT2D eigenvalue weighted by Crippen LogP contribution is 2.43. The summed E-state index contributed by atoms with van der Waals surface area (Å²) >= 11 is 0. The van der Waals surface area contributed by atoms with Gasteiger partial charge in [0, 0.05) is 152 Å². The number of benzene rings is 15. The van der Waals surface area contributed by atoms with Crippen LogP contribution in [0.2, 0.25) is 0 Å². The third-order valence-electron chi connectivity index (χ3n) is 26.8. The lowest BCUT2D eigenvalue weighted by Gasteiger charge is -2.15. The van der Waals surface area contributed by atoms with Crippen LogP contribution in [0.1, 0.15) is 194 Å². The van der Waals surface area contributed by atoms with Crippen molar-refractivity contribution < 1.29 is 88.6 Å². The molecule has 20 aromatic rings. The molecule has 148 heavy (non-hydrogen) atoms. The fourth-order valence-corrected chi connectivity index (χ4v) is 18.9. The van der Waals surface area contributed by atoms with Gasteiger partial charge >= 0.3 is 0 Å². The van der Waals surface area contributed by atoms with Gasteiger partial charge in [-0.3, -0.25) is 0 Å². The number of hydrogen-bond donors (Lipinski definition) is 0. The number of pyridine rings is 5. The van der Waals surface area contributed by atoms with E-state index in [0.717, 1.165) is 61.3 Å². The fourth-order valence-electron chi connectivity index (χ4n) is 18.9. The van der Waals surface area contributed by atoms with Crippen molar-refractivity contribution in [3.05, 3.63) is 505 Å². The maximum atomic E-state index is 8.29. The van der Waals surface area contributed by atoms with Crippen LogP contribution < -0.4 is 22.8 Å². The summed E-state index contributed by atoms with van der Waals surface area (Å²) in [6, 6.07) is 98.2. The minimum Gasteiger partial charge on any atom is -0.201 e. The maximum absolute atomic E-state index is 8.29. The van der Waals surface area contributed by atoms with Gasteiger partial charge in [0.15, 0.2) is 31.0 Å². The second kappa shape index (κ2) is 45.8. The molecule has 15 aromatic carbocycles. The summed E-state index contributed by atoms with van der Waals surface area (Å²) in [6.45, 7) is -27.6. The predicted molar refractivity (Wildman–Crippen MR) is 629 cm³/mol. The molecule has 0 spiro atoms. The number of rotatable bonds is 15. The van der Waals surface area contributed by atoms with Crippen LogP contribution in [-0.2, 0) is 35.2 Å². The molecule has 5 heterocycles. The van der Waals surface area contributed by atoms with Gasteiger partial charge in [-0.15, -0.1) is 0 Å². The Bertz CT molecular complexity index is 10300. The zero-order valence-electron chi connectivity index (χ0n) is 133. The zero-order valence-corrected chi connectivity index (χ0v) is 84.5. The van der Waals surface area contributed by atoms with E-state index in [0.29, 0.717) is 123 Å². The molecule has 0 aliphatic carbocycles. The molecule has 0 unspecified atom stereocenters. The van der Waals surface area contributed by atoms with E-state index >= 15 is 0 Å². The first kappa shape index (κ1) is 59.6. The molecular formula is C143H146N5+5. The van der Waals surface area contributed by atoms with E-state index in [-0.39, 0.29) is 111 Å². The second-order valence-electron chi connectivity index (χ2n) is 37.3. The van der Waals surface area contributed by atoms with Crippen LogP contribution in [0.25, 0.3) is 168 Å². The standard InChI is InChI=1S/C30H32N.2C29H30N.C28H28N.C27H26N/c1-19-14-22(4)30(23(5)15-19)28-17-29(31(7)18-24(28)6)27-16-25(13-12-21(27)3)26-11-9-8-10-20(26)2;1-19-10-7-8-13-25(19)24-15-14-20(2)26(16-24)28-17-27(23(5)18-30(28)6)29-21(3)11-9-12-22(29)4;1-19-11-14-26(22(4)15-19)27-17-29(30(6)18-23(27)5)28-16-24(13-12-21(28)3)25-10-8-7-9-20(25)2;1-19-11-9-10-14-24(19)26-16-27(21(3)15-20(26)2)28-17-25(22(4)18-29(28)5)23-12-7-6-8-13-23;1-19-10-8-9-13-24(19)25-18-26(21(3)16-20(25)2)27-17-23(14-15-28(27)4)22-11-6-5-7-12-22/h8-18H,1-7H3;2*7-18H,1-6H3;6-18H,1-5H3;5-18H,1-4H3/q5*+1/i2D3,4D3,5D3,6D3;1D3,3D3,4D3,5D3;2D3,4D3,5D3;1D3,2D3,4D3;1D3,2D3. The van der Waals surface area contributed by atoms with Gasteiger partial charge in [0.25, 0.3) is 0 Å². The lowest BCUT2D eigenvalue weighted by Crippen LogP contribution is -2.31. The largest absolute Gasteiger partial charge is 0.213 e. The Morgan fingerprint density at radius 3 is 0.831 bits per heavy atom. The van der Waals surface area contributed by atoms with Crippen LogP contribution in [0.5, 0.6) is 0 Å². The van der Waals surface area contributed by atoms with Crippen molar-refractivity contribution in [1.29, 1.82) is 0 Å². The van der Waals surface area contributed by atoms with Crippen LogP contribution in [-0.4, -0.2) is 0 Å². The molecule has 0 aliphatic heterocycles. The van der Waals surface area contributed by atoms with Gasteiger partial charge in [-0.1, -0.05) is 290 Å². The van der Waals surface area contributed by atoms with Gasteiger partial charge in [0.2, 0.25) is 28.5 Å². The SMILES string of the molecule is [2H]C([2H])([2H])c1c[n+](C)c(-c2cc(-c3ccccc3C([2H])([2H])[2H])c(C([2H])([2H])[2H])cc2C)cc1-c1ccccc1.[2H]C([2H])([2H])c1ccccc1-c1cc(-c2cc(-c3ccccc3)cc[n+]2C)c(C)cc1C([2H])([2H])[2H].[2H]C([2H])([2H])c1ccccc1-c1ccc(C)c(-c2cc(-c3c(C([2H])([2H])[2H])cc(C)cc3C([2H])([2H])[2H])c(C([2H])([2H])[2H])c[n+]2C)c1.[2H]C([2H])([2H])c1ccccc1-c1ccc(C)c(-c2cc(-c3c(C([2H])([2H])[2H])cccc3C([2H])([2H])[2H])c(C([2H])([2H])[2H])c[n+]2C)c1.[2H]C([2H])([2H])c1ccccc1-c1ccc(C)c(-c2cc(-c3ccc(C)cc3C([2H])([2H])[2H])c(C([2H])([2H])[2H])c[n+]2C)c1. The number of aromatic nitrogens is 5. The van der Waals surface area contributed by atoms with Crippen LogP contribution in [0.15, 0.2) is 377 Å². The van der Waals surface area contributed by atoms with Crippen molar-refractivity contribution in [3.8, 4) is 168 Å². The molecule has 0 aliphatic rings. The number of nitrogens with zero attached hydrogens (tertiary/aromatic N) is 5. The van der Waals surface area contributed by atoms with Crippen molar-refractivity contribution in [2.45, 2.75) is 158 Å². The minimum atomic E-state index is -2.74. The Hall–Kier alpha value is -16.0. The molecule has 0 bridgehead atoms. The Morgan fingerprint density at radius 2 is 0.432 bits per heavy atom. The van der Waals surface area contributed by atoms with Gasteiger partial charge in [0.05, 0.1) is 0 Å². The maximum Gasteiger partial charge on any atom is 0.213 e. The average Bonchev–Trinajstić information content (AvgIpc) is 0.729. The molecule has 0 saturated heterocycles. The third-order valence-corrected chi connectivity index (χ3v) is 26.8. The Morgan fingerprint density at radius 1 is 0.142 bits per heavy atom. The first-order chi connectivity index (χ1) is 90.3. The Balaban J connectivity index is 0.000000167. The summed E-state index contributed by atoms with van der Waals surface area (Å²) in [7, 11) is 8.74. The van der Waals surface area contributed by atoms with E-state index in [1.807, 2.05) is 149 Å². The van der Waals surface area contributed by atoms with Gasteiger partial charge in [0.1, 0.15) is 35.2 Å². The van der Waals surface area contributed by atoms with E-state index in [9.17, 15) is 0 Å². The summed E-state index contributed by atoms with van der Waals surface area (Å²) in [4.78, 5) is 0. The van der Waals surface area contributed by atoms with E-state index in [1.54, 1.807) is 261 Å². The molecule has 0 fully saturated rings. The summed E-state index contributed by atoms with van der Waals surface area (Å²) in [5.41, 5.74) is 20.6. The van der Waals surface area contributed by atoms with E-state index in [4.69, 9.17) is 65.8 Å². The molecule has 5 nitrogen and oxygen atoms in total. The zero-order chi connectivity index (χ0) is 145. The highest BCUT2D eigenvalue weighted by molar-refractivity contribution is 5.87. The highest BCUT2D eigenvalue weighted by atomic mass is 14.9. The minimum absolute atomic E-state index is 0.0157. The lowest BCUT2D eigenvalue weighted by atomic mass is 9.90. The monoisotopic (exact) mass is 1980 g/mol. The van der Waals surface area contributed by atoms with Crippen molar-refractivity contribution in [3.63, 3.8) is 0 Å². The Kier molecular flexibility index (Phi) is 18.4. The molecule has 0 atom stereocenters. The second-order valence-corrected chi connectivity index (χ2v) is 37.3. The molecular weight excluding hydrogens is 1790 g/mol. The van der Waals surface area contributed by atoms with Crippen LogP contribution in [0.4, 0.5) is 0 Å². The smallest absolute Gasteiger partial charge is 0.201 e. The van der Waals surface area contributed by atoms with Gasteiger partial charge in [-0.2, -0.15) is 0 Å². The summed E-state index contributed by atoms with van der Waals surface area (Å²) < 4.78 is 399. The number of aryl methyl sites for hydroxylation is 28. The summed E-state index contributed by atoms with van der Waals surface area (Å²) in [5.74, 6) is 0. The molecule has 5 heteroatoms. The van der Waals surface area contributed by atoms with Crippen molar-refractivity contribution in [1.82, 2.24) is 0 Å². The van der Waals surface area contributed by atoms with E-state index in [2.05, 4.69) is 6.07 Å². The molecule has 0 saturated carbocycles. The molecule has 0 radical (unpaired) electrons. The van der Waals surface area contributed by atoms with Gasteiger partial charge in [-0.25, -0.2) is 22.8 Å². The highest BCUT2D eigenvalue weighted by Gasteiger charge is 2.27. The summed E-state index contributed by atoms with van der Waals surface area (Å²) in [5, 5.41) is 0. The lowest BCUT2D eigenvalue weighted by molar-refractivity contribution is -0.660. The fraction of sp³-hybridized carbons (Fsp3) is 0.196. The van der Waals surface area contributed by atoms with Gasteiger partial charge in [-0.05, 0) is 394 Å². The first-order valence-electron chi connectivity index (χ1n) is 72.2. The van der Waals surface area contributed by atoms with Crippen LogP contribution in [0, 0.1) is 158 Å². The normalized spacial score (nSPS) is 17.1. The Labute approximate surface area is 950 Å². The summed E-state index contributed by atoms with van der Waals surface area (Å²) in [6.07, 6.45) is 7.85. The first-order valence-corrected chi connectivity index (χ1v) is 48.2. The van der Waals surface area contributed by atoms with E-state index < -0.39 is 110 Å². The third kappa shape index (κ3) is 23.1. The molecule has 0 N–H and O–H groups in total. The predicted octanol–water partition coefficient (Wildman–Crippen LogP) is 34.7. The molecule has 20 rings (SSSR count). The van der Waals surface area contributed by atoms with Crippen molar-refractivity contribution >= 4 is 0 Å². The molecule has 5 aromatic heterocycles. The van der Waals surface area contributed by atoms with Crippen LogP contribution >= 0.6 is 0 Å². The van der Waals surface area contributed by atoms with Crippen molar-refractivity contribution in [2.75, 3.05) is 0 Å². The van der Waals surface area contributed by atoms with Crippen LogP contribution in [0.3, 0.4) is 0 Å². The average molecular weight is 1980 g/mol.